The van der Waals surface area contributed by atoms with Crippen LogP contribution in [-0.2, 0) is 17.8 Å². The number of aryl methyl sites for hydroxylation is 1. The lowest BCUT2D eigenvalue weighted by atomic mass is 10.1. The third-order valence-corrected chi connectivity index (χ3v) is 4.36. The van der Waals surface area contributed by atoms with Crippen LogP contribution in [0.1, 0.15) is 30.0 Å². The highest BCUT2D eigenvalue weighted by molar-refractivity contribution is 5.83. The van der Waals surface area contributed by atoms with E-state index in [9.17, 15) is 4.79 Å². The minimum Gasteiger partial charge on any atom is -0.489 e. The highest BCUT2D eigenvalue weighted by Crippen LogP contribution is 2.14. The molecule has 1 amide bonds. The van der Waals surface area contributed by atoms with Gasteiger partial charge >= 0.3 is 0 Å². The van der Waals surface area contributed by atoms with Crippen molar-refractivity contribution < 1.29 is 14.3 Å². The predicted octanol–water partition coefficient (Wildman–Crippen LogP) is 4.75. The minimum atomic E-state index is -0.313. The lowest BCUT2D eigenvalue weighted by Crippen LogP contribution is -2.24. The third-order valence-electron chi connectivity index (χ3n) is 4.36. The number of ether oxygens (including phenoxy) is 2. The summed E-state index contributed by atoms with van der Waals surface area (Å²) in [6.45, 7) is 2.58. The number of rotatable bonds is 10. The Morgan fingerprint density at radius 2 is 1.53 bits per heavy atom. The van der Waals surface area contributed by atoms with Crippen molar-refractivity contribution in [2.75, 3.05) is 6.61 Å². The number of amides is 1. The third kappa shape index (κ3) is 7.09. The zero-order valence-corrected chi connectivity index (χ0v) is 17.1. The molecule has 0 radical (unpaired) electrons. The monoisotopic (exact) mass is 402 g/mol. The number of hydrogen-bond donors (Lipinski definition) is 1. The number of nitrogens with zero attached hydrogens (tertiary/aromatic N) is 1. The molecule has 0 aliphatic carbocycles. The quantitative estimate of drug-likeness (QED) is 0.393. The largest absolute Gasteiger partial charge is 0.489 e. The number of hydrogen-bond acceptors (Lipinski definition) is 4. The summed E-state index contributed by atoms with van der Waals surface area (Å²) in [6, 6.07) is 25.3. The molecule has 0 fully saturated rings. The van der Waals surface area contributed by atoms with Crippen LogP contribution < -0.4 is 14.9 Å². The van der Waals surface area contributed by atoms with E-state index in [-0.39, 0.29) is 12.5 Å². The number of benzene rings is 3. The fraction of sp³-hybridized carbons (Fsp3) is 0.200. The summed E-state index contributed by atoms with van der Waals surface area (Å²) in [5.74, 6) is 1.13. The Balaban J connectivity index is 1.39. The maximum Gasteiger partial charge on any atom is 0.277 e. The normalized spacial score (nSPS) is 10.7. The first-order chi connectivity index (χ1) is 14.7. The SMILES string of the molecule is CCCc1ccc(OCC(=O)NN=Cc2ccc(OCc3ccccc3)cc2)cc1. The van der Waals surface area contributed by atoms with Crippen molar-refractivity contribution in [3.8, 4) is 11.5 Å². The molecule has 3 aromatic carbocycles. The van der Waals surface area contributed by atoms with Crippen LogP contribution in [0.3, 0.4) is 0 Å². The summed E-state index contributed by atoms with van der Waals surface area (Å²) >= 11 is 0. The molecular weight excluding hydrogens is 376 g/mol. The lowest BCUT2D eigenvalue weighted by molar-refractivity contribution is -0.123. The van der Waals surface area contributed by atoms with E-state index < -0.39 is 0 Å². The zero-order chi connectivity index (χ0) is 21.0. The molecule has 0 saturated carbocycles. The lowest BCUT2D eigenvalue weighted by Gasteiger charge is -2.06. The van der Waals surface area contributed by atoms with Gasteiger partial charge in [0.2, 0.25) is 0 Å². The van der Waals surface area contributed by atoms with Crippen LogP contribution in [0.4, 0.5) is 0 Å². The van der Waals surface area contributed by atoms with Crippen LogP contribution in [0.2, 0.25) is 0 Å². The van der Waals surface area contributed by atoms with Crippen LogP contribution >= 0.6 is 0 Å². The van der Waals surface area contributed by atoms with E-state index in [4.69, 9.17) is 9.47 Å². The van der Waals surface area contributed by atoms with Gasteiger partial charge in [-0.3, -0.25) is 4.79 Å². The van der Waals surface area contributed by atoms with E-state index in [1.54, 1.807) is 6.21 Å². The van der Waals surface area contributed by atoms with Gasteiger partial charge in [-0.15, -0.1) is 0 Å². The Kier molecular flexibility index (Phi) is 8.03. The van der Waals surface area contributed by atoms with Gasteiger partial charge in [-0.05, 0) is 59.5 Å². The van der Waals surface area contributed by atoms with Crippen molar-refractivity contribution in [2.45, 2.75) is 26.4 Å². The minimum absolute atomic E-state index is 0.0866. The first-order valence-corrected chi connectivity index (χ1v) is 10.0. The van der Waals surface area contributed by atoms with Gasteiger partial charge in [0.15, 0.2) is 6.61 Å². The fourth-order valence-electron chi connectivity index (χ4n) is 2.79. The standard InChI is InChI=1S/C25H26N2O3/c1-2-6-20-9-13-24(14-10-20)30-19-25(28)27-26-17-21-11-15-23(16-12-21)29-18-22-7-4-3-5-8-22/h3-5,7-17H,2,6,18-19H2,1H3,(H,27,28). The molecule has 0 aromatic heterocycles. The molecule has 0 spiro atoms. The van der Waals surface area contributed by atoms with Crippen molar-refractivity contribution in [3.05, 3.63) is 95.6 Å². The molecule has 0 unspecified atom stereocenters. The van der Waals surface area contributed by atoms with Gasteiger partial charge in [0.1, 0.15) is 18.1 Å². The van der Waals surface area contributed by atoms with Crippen LogP contribution in [-0.4, -0.2) is 18.7 Å². The summed E-state index contributed by atoms with van der Waals surface area (Å²) in [4.78, 5) is 11.9. The summed E-state index contributed by atoms with van der Waals surface area (Å²) in [5.41, 5.74) is 5.70. The fourth-order valence-corrected chi connectivity index (χ4v) is 2.79. The van der Waals surface area contributed by atoms with Gasteiger partial charge in [0, 0.05) is 0 Å². The van der Waals surface area contributed by atoms with Crippen LogP contribution in [0.5, 0.6) is 11.5 Å². The van der Waals surface area contributed by atoms with Gasteiger partial charge in [-0.2, -0.15) is 5.10 Å². The molecule has 3 rings (SSSR count). The molecule has 0 aliphatic heterocycles. The molecule has 0 bridgehead atoms. The highest BCUT2D eigenvalue weighted by atomic mass is 16.5. The Morgan fingerprint density at radius 3 is 2.23 bits per heavy atom. The molecule has 1 N–H and O–H groups in total. The van der Waals surface area contributed by atoms with Crippen molar-refractivity contribution in [3.63, 3.8) is 0 Å². The Labute approximate surface area is 177 Å². The van der Waals surface area contributed by atoms with Crippen molar-refractivity contribution >= 4 is 12.1 Å². The maximum absolute atomic E-state index is 11.9. The summed E-state index contributed by atoms with van der Waals surface area (Å²) in [7, 11) is 0. The Hall–Kier alpha value is -3.60. The molecule has 0 saturated heterocycles. The molecule has 5 heteroatoms. The molecule has 5 nitrogen and oxygen atoms in total. The molecule has 0 atom stereocenters. The average molecular weight is 402 g/mol. The second-order valence-electron chi connectivity index (χ2n) is 6.82. The van der Waals surface area contributed by atoms with Crippen molar-refractivity contribution in [2.24, 2.45) is 5.10 Å². The maximum atomic E-state index is 11.9. The number of nitrogens with one attached hydrogen (secondary N) is 1. The number of hydrazone groups is 1. The average Bonchev–Trinajstić information content (AvgIpc) is 2.79. The number of carbonyl (C=O) groups excluding carboxylic acids is 1. The van der Waals surface area contributed by atoms with Crippen LogP contribution in [0, 0.1) is 0 Å². The van der Waals surface area contributed by atoms with Gasteiger partial charge < -0.3 is 9.47 Å². The first-order valence-electron chi connectivity index (χ1n) is 10.0. The molecule has 154 valence electrons. The second-order valence-corrected chi connectivity index (χ2v) is 6.82. The summed E-state index contributed by atoms with van der Waals surface area (Å²) in [6.07, 6.45) is 3.72. The van der Waals surface area contributed by atoms with Crippen molar-refractivity contribution in [1.82, 2.24) is 5.43 Å². The second kappa shape index (κ2) is 11.4. The van der Waals surface area contributed by atoms with E-state index in [0.717, 1.165) is 29.7 Å². The first kappa shape index (κ1) is 21.1. The molecule has 0 aliphatic rings. The zero-order valence-electron chi connectivity index (χ0n) is 17.1. The van der Waals surface area contributed by atoms with Gasteiger partial charge in [-0.25, -0.2) is 5.43 Å². The van der Waals surface area contributed by atoms with Crippen LogP contribution in [0.25, 0.3) is 0 Å². The van der Waals surface area contributed by atoms with Gasteiger partial charge in [-0.1, -0.05) is 55.8 Å². The Morgan fingerprint density at radius 1 is 0.867 bits per heavy atom. The smallest absolute Gasteiger partial charge is 0.277 e. The van der Waals surface area contributed by atoms with Crippen LogP contribution in [0.15, 0.2) is 84.0 Å². The molecule has 3 aromatic rings. The van der Waals surface area contributed by atoms with Gasteiger partial charge in [0.25, 0.3) is 5.91 Å². The molecule has 0 heterocycles. The topological polar surface area (TPSA) is 59.9 Å². The molecule has 30 heavy (non-hydrogen) atoms. The van der Waals surface area contributed by atoms with Crippen molar-refractivity contribution in [1.29, 1.82) is 0 Å². The summed E-state index contributed by atoms with van der Waals surface area (Å²) in [5, 5.41) is 3.97. The van der Waals surface area contributed by atoms with E-state index in [1.165, 1.54) is 5.56 Å². The predicted molar refractivity (Wildman–Crippen MR) is 119 cm³/mol. The Bertz CT molecular complexity index is 936. The van der Waals surface area contributed by atoms with E-state index >= 15 is 0 Å². The highest BCUT2D eigenvalue weighted by Gasteiger charge is 2.02. The summed E-state index contributed by atoms with van der Waals surface area (Å²) < 4.78 is 11.2. The van der Waals surface area contributed by atoms with E-state index in [1.807, 2.05) is 78.9 Å². The number of carbonyl (C=O) groups is 1. The van der Waals surface area contributed by atoms with Gasteiger partial charge in [0.05, 0.1) is 6.21 Å². The molecular formula is C25H26N2O3. The van der Waals surface area contributed by atoms with E-state index in [0.29, 0.717) is 12.4 Å². The van der Waals surface area contributed by atoms with E-state index in [2.05, 4.69) is 17.5 Å².